The van der Waals surface area contributed by atoms with Gasteiger partial charge < -0.3 is 15.5 Å². The van der Waals surface area contributed by atoms with Crippen LogP contribution in [0, 0.1) is 11.8 Å². The molecule has 2 amide bonds. The molecule has 0 aromatic rings. The van der Waals surface area contributed by atoms with Crippen molar-refractivity contribution in [2.24, 2.45) is 11.8 Å². The summed E-state index contributed by atoms with van der Waals surface area (Å²) in [6, 6.07) is 0. The lowest BCUT2D eigenvalue weighted by Crippen LogP contribution is -2.51. The van der Waals surface area contributed by atoms with Gasteiger partial charge in [0.1, 0.15) is 0 Å². The van der Waals surface area contributed by atoms with Gasteiger partial charge in [0.25, 0.3) is 0 Å². The van der Waals surface area contributed by atoms with E-state index in [1.165, 1.54) is 0 Å². The first kappa shape index (κ1) is 14.0. The molecule has 1 aliphatic heterocycles. The zero-order valence-electron chi connectivity index (χ0n) is 11.0. The van der Waals surface area contributed by atoms with Gasteiger partial charge in [0.2, 0.25) is 0 Å². The number of hydrogen-bond donors (Lipinski definition) is 2. The average Bonchev–Trinajstić information content (AvgIpc) is 2.35. The molecule has 0 spiro atoms. The van der Waals surface area contributed by atoms with E-state index in [2.05, 4.69) is 31.4 Å². The van der Waals surface area contributed by atoms with Gasteiger partial charge in [-0.1, -0.05) is 20.8 Å². The van der Waals surface area contributed by atoms with Crippen molar-refractivity contribution in [3.8, 4) is 0 Å². The van der Waals surface area contributed by atoms with Crippen LogP contribution < -0.4 is 10.6 Å². The molecule has 1 saturated heterocycles. The first-order chi connectivity index (χ1) is 8.02. The van der Waals surface area contributed by atoms with Gasteiger partial charge in [0, 0.05) is 32.7 Å². The van der Waals surface area contributed by atoms with E-state index < -0.39 is 11.8 Å². The number of amides is 2. The SMILES string of the molecule is CC(C)C(C)CNC(=O)C(=O)N1CCNCC1. The number of nitrogens with zero attached hydrogens (tertiary/aromatic N) is 1. The molecular formula is C12H23N3O2. The first-order valence-electron chi connectivity index (χ1n) is 6.30. The second-order valence-electron chi connectivity index (χ2n) is 4.97. The van der Waals surface area contributed by atoms with Crippen LogP contribution >= 0.6 is 0 Å². The second-order valence-corrected chi connectivity index (χ2v) is 4.97. The van der Waals surface area contributed by atoms with Gasteiger partial charge in [-0.25, -0.2) is 0 Å². The molecule has 1 rings (SSSR count). The molecule has 1 aliphatic rings. The van der Waals surface area contributed by atoms with E-state index in [0.717, 1.165) is 13.1 Å². The van der Waals surface area contributed by atoms with Crippen molar-refractivity contribution in [3.63, 3.8) is 0 Å². The highest BCUT2D eigenvalue weighted by Crippen LogP contribution is 2.07. The Kier molecular flexibility index (Phi) is 5.41. The standard InChI is InChI=1S/C12H23N3O2/c1-9(2)10(3)8-14-11(16)12(17)15-6-4-13-5-7-15/h9-10,13H,4-8H2,1-3H3,(H,14,16). The van der Waals surface area contributed by atoms with Gasteiger partial charge in [-0.15, -0.1) is 0 Å². The maximum absolute atomic E-state index is 11.8. The van der Waals surface area contributed by atoms with E-state index in [0.29, 0.717) is 31.5 Å². The van der Waals surface area contributed by atoms with Crippen LogP contribution in [-0.4, -0.2) is 49.4 Å². The molecule has 1 fully saturated rings. The minimum absolute atomic E-state index is 0.384. The predicted octanol–water partition coefficient (Wildman–Crippen LogP) is -0.173. The summed E-state index contributed by atoms with van der Waals surface area (Å²) >= 11 is 0. The fourth-order valence-electron chi connectivity index (χ4n) is 1.58. The lowest BCUT2D eigenvalue weighted by atomic mass is 9.98. The van der Waals surface area contributed by atoms with Gasteiger partial charge >= 0.3 is 11.8 Å². The van der Waals surface area contributed by atoms with Crippen LogP contribution in [0.1, 0.15) is 20.8 Å². The molecule has 2 N–H and O–H groups in total. The van der Waals surface area contributed by atoms with Gasteiger partial charge in [-0.2, -0.15) is 0 Å². The van der Waals surface area contributed by atoms with Crippen LogP contribution in [0.4, 0.5) is 0 Å². The van der Waals surface area contributed by atoms with E-state index in [9.17, 15) is 9.59 Å². The monoisotopic (exact) mass is 241 g/mol. The summed E-state index contributed by atoms with van der Waals surface area (Å²) < 4.78 is 0. The quantitative estimate of drug-likeness (QED) is 0.674. The molecule has 0 bridgehead atoms. The van der Waals surface area contributed by atoms with Crippen molar-refractivity contribution < 1.29 is 9.59 Å². The molecule has 98 valence electrons. The Morgan fingerprint density at radius 3 is 2.35 bits per heavy atom. The third-order valence-electron chi connectivity index (χ3n) is 3.32. The minimum atomic E-state index is -0.473. The Hall–Kier alpha value is -1.10. The van der Waals surface area contributed by atoms with Crippen molar-refractivity contribution >= 4 is 11.8 Å². The van der Waals surface area contributed by atoms with Gasteiger partial charge in [0.05, 0.1) is 0 Å². The largest absolute Gasteiger partial charge is 0.348 e. The van der Waals surface area contributed by atoms with Crippen LogP contribution in [0.2, 0.25) is 0 Å². The summed E-state index contributed by atoms with van der Waals surface area (Å²) in [5, 5.41) is 5.86. The van der Waals surface area contributed by atoms with Crippen molar-refractivity contribution in [1.82, 2.24) is 15.5 Å². The number of carbonyl (C=O) groups is 2. The molecule has 0 aliphatic carbocycles. The van der Waals surface area contributed by atoms with Crippen LogP contribution in [-0.2, 0) is 9.59 Å². The molecule has 0 radical (unpaired) electrons. The highest BCUT2D eigenvalue weighted by Gasteiger charge is 2.23. The maximum Gasteiger partial charge on any atom is 0.311 e. The Labute approximate surface area is 103 Å². The topological polar surface area (TPSA) is 61.4 Å². The number of rotatable bonds is 3. The molecule has 0 aromatic carbocycles. The van der Waals surface area contributed by atoms with E-state index in [1.54, 1.807) is 4.90 Å². The van der Waals surface area contributed by atoms with Crippen molar-refractivity contribution in [3.05, 3.63) is 0 Å². The molecule has 1 heterocycles. The highest BCUT2D eigenvalue weighted by molar-refractivity contribution is 6.35. The molecule has 1 atom stereocenters. The van der Waals surface area contributed by atoms with Gasteiger partial charge in [0.15, 0.2) is 0 Å². The normalized spacial score (nSPS) is 18.0. The predicted molar refractivity (Wildman–Crippen MR) is 66.5 cm³/mol. The third kappa shape index (κ3) is 4.34. The summed E-state index contributed by atoms with van der Waals surface area (Å²) in [6.07, 6.45) is 0. The Morgan fingerprint density at radius 1 is 1.24 bits per heavy atom. The average molecular weight is 241 g/mol. The Bertz CT molecular complexity index is 273. The smallest absolute Gasteiger partial charge is 0.311 e. The summed E-state index contributed by atoms with van der Waals surface area (Å²) in [5.41, 5.74) is 0. The Balaban J connectivity index is 2.33. The van der Waals surface area contributed by atoms with E-state index in [1.807, 2.05) is 0 Å². The number of carbonyl (C=O) groups excluding carboxylic acids is 2. The zero-order chi connectivity index (χ0) is 12.8. The Morgan fingerprint density at radius 2 is 1.82 bits per heavy atom. The maximum atomic E-state index is 11.8. The summed E-state index contributed by atoms with van der Waals surface area (Å²) in [7, 11) is 0. The van der Waals surface area contributed by atoms with Gasteiger partial charge in [-0.3, -0.25) is 9.59 Å². The fraction of sp³-hybridized carbons (Fsp3) is 0.833. The van der Waals surface area contributed by atoms with Crippen molar-refractivity contribution in [2.45, 2.75) is 20.8 Å². The van der Waals surface area contributed by atoms with Crippen molar-refractivity contribution in [1.29, 1.82) is 0 Å². The molecule has 1 unspecified atom stereocenters. The molecular weight excluding hydrogens is 218 g/mol. The summed E-state index contributed by atoms with van der Waals surface area (Å²) in [5.74, 6) is 0.0150. The van der Waals surface area contributed by atoms with E-state index >= 15 is 0 Å². The summed E-state index contributed by atoms with van der Waals surface area (Å²) in [4.78, 5) is 25.0. The van der Waals surface area contributed by atoms with Crippen LogP contribution in [0.25, 0.3) is 0 Å². The third-order valence-corrected chi connectivity index (χ3v) is 3.32. The van der Waals surface area contributed by atoms with E-state index in [4.69, 9.17) is 0 Å². The molecule has 5 nitrogen and oxygen atoms in total. The summed E-state index contributed by atoms with van der Waals surface area (Å²) in [6.45, 7) is 9.61. The fourth-order valence-corrected chi connectivity index (χ4v) is 1.58. The van der Waals surface area contributed by atoms with Crippen molar-refractivity contribution in [2.75, 3.05) is 32.7 Å². The number of hydrogen-bond acceptors (Lipinski definition) is 3. The van der Waals surface area contributed by atoms with E-state index in [-0.39, 0.29) is 0 Å². The molecule has 5 heteroatoms. The lowest BCUT2D eigenvalue weighted by Gasteiger charge is -2.27. The van der Waals surface area contributed by atoms with Crippen LogP contribution in [0.15, 0.2) is 0 Å². The number of nitrogens with one attached hydrogen (secondary N) is 2. The molecule has 17 heavy (non-hydrogen) atoms. The molecule has 0 aromatic heterocycles. The number of piperazine rings is 1. The first-order valence-corrected chi connectivity index (χ1v) is 6.30. The lowest BCUT2D eigenvalue weighted by molar-refractivity contribution is -0.146. The highest BCUT2D eigenvalue weighted by atomic mass is 16.2. The van der Waals surface area contributed by atoms with Gasteiger partial charge in [-0.05, 0) is 11.8 Å². The minimum Gasteiger partial charge on any atom is -0.348 e. The van der Waals surface area contributed by atoms with Crippen LogP contribution in [0.5, 0.6) is 0 Å². The molecule has 0 saturated carbocycles. The second kappa shape index (κ2) is 6.59. The zero-order valence-corrected chi connectivity index (χ0v) is 11.0. The van der Waals surface area contributed by atoms with Crippen LogP contribution in [0.3, 0.4) is 0 Å².